The average Bonchev–Trinajstić information content (AvgIpc) is 3.09. The number of aliphatic hydroxyl groups is 1. The summed E-state index contributed by atoms with van der Waals surface area (Å²) >= 11 is 0. The molecule has 2 heterocycles. The molecule has 3 rings (SSSR count). The summed E-state index contributed by atoms with van der Waals surface area (Å²) in [5.74, 6) is 1.01. The number of nitrogens with zero attached hydrogens (tertiary/aromatic N) is 1. The lowest BCUT2D eigenvalue weighted by Gasteiger charge is -2.32. The Morgan fingerprint density at radius 3 is 2.96 bits per heavy atom. The van der Waals surface area contributed by atoms with Crippen molar-refractivity contribution < 1.29 is 14.6 Å². The van der Waals surface area contributed by atoms with Crippen molar-refractivity contribution in [2.24, 2.45) is 5.92 Å². The number of likely N-dealkylation sites (tertiary alicyclic amines) is 1. The van der Waals surface area contributed by atoms with Crippen LogP contribution in [-0.2, 0) is 4.79 Å². The van der Waals surface area contributed by atoms with Gasteiger partial charge in [-0.2, -0.15) is 0 Å². The maximum absolute atomic E-state index is 11.6. The Morgan fingerprint density at radius 1 is 1.42 bits per heavy atom. The highest BCUT2D eigenvalue weighted by molar-refractivity contribution is 5.85. The summed E-state index contributed by atoms with van der Waals surface area (Å²) < 4.78 is 5.80. The molecule has 6 nitrogen and oxygen atoms in total. The van der Waals surface area contributed by atoms with Crippen LogP contribution in [0.3, 0.4) is 0 Å². The number of fused-ring (bicyclic) bond motifs is 1. The molecule has 130 valence electrons. The first kappa shape index (κ1) is 16.8. The van der Waals surface area contributed by atoms with Gasteiger partial charge < -0.3 is 25.0 Å². The molecule has 0 spiro atoms. The Hall–Kier alpha value is -2.05. The average molecular weight is 331 g/mol. The van der Waals surface area contributed by atoms with Gasteiger partial charge in [0, 0.05) is 36.6 Å². The molecule has 2 aromatic rings. The lowest BCUT2D eigenvalue weighted by atomic mass is 9.96. The highest BCUT2D eigenvalue weighted by atomic mass is 16.5. The van der Waals surface area contributed by atoms with E-state index in [4.69, 9.17) is 4.74 Å². The number of aliphatic hydroxyl groups excluding tert-OH is 1. The van der Waals surface area contributed by atoms with Crippen molar-refractivity contribution in [2.45, 2.75) is 18.9 Å². The van der Waals surface area contributed by atoms with Gasteiger partial charge in [-0.3, -0.25) is 4.79 Å². The van der Waals surface area contributed by atoms with Crippen LogP contribution in [0, 0.1) is 5.92 Å². The molecule has 1 amide bonds. The van der Waals surface area contributed by atoms with Crippen molar-refractivity contribution in [3.05, 3.63) is 30.5 Å². The van der Waals surface area contributed by atoms with Crippen molar-refractivity contribution in [3.63, 3.8) is 0 Å². The number of benzene rings is 1. The summed E-state index contributed by atoms with van der Waals surface area (Å²) in [5, 5.41) is 14.0. The van der Waals surface area contributed by atoms with Crippen LogP contribution >= 0.6 is 0 Å². The number of aromatic amines is 1. The number of carbonyl (C=O) groups excluding carboxylic acids is 1. The summed E-state index contributed by atoms with van der Waals surface area (Å²) in [7, 11) is 1.68. The molecular weight excluding hydrogens is 306 g/mol. The minimum Gasteiger partial charge on any atom is -0.490 e. The fourth-order valence-electron chi connectivity index (χ4n) is 3.30. The fourth-order valence-corrected chi connectivity index (χ4v) is 3.30. The summed E-state index contributed by atoms with van der Waals surface area (Å²) in [4.78, 5) is 17.0. The van der Waals surface area contributed by atoms with E-state index in [1.54, 1.807) is 7.05 Å². The van der Waals surface area contributed by atoms with Gasteiger partial charge in [0.15, 0.2) is 0 Å². The quantitative estimate of drug-likeness (QED) is 0.747. The third-order valence-corrected chi connectivity index (χ3v) is 4.66. The van der Waals surface area contributed by atoms with Crippen LogP contribution in [0.2, 0.25) is 0 Å². The van der Waals surface area contributed by atoms with Crippen molar-refractivity contribution in [1.82, 2.24) is 15.2 Å². The minimum absolute atomic E-state index is 0.103. The second kappa shape index (κ2) is 7.68. The Balaban J connectivity index is 1.46. The van der Waals surface area contributed by atoms with Gasteiger partial charge in [-0.1, -0.05) is 6.07 Å². The molecule has 0 saturated carbocycles. The second-order valence-electron chi connectivity index (χ2n) is 6.35. The number of rotatable bonds is 6. The van der Waals surface area contributed by atoms with Gasteiger partial charge in [-0.15, -0.1) is 0 Å². The number of piperidine rings is 1. The fraction of sp³-hybridized carbons (Fsp3) is 0.500. The predicted octanol–water partition coefficient (Wildman–Crippen LogP) is 1.37. The number of hydrogen-bond donors (Lipinski definition) is 3. The monoisotopic (exact) mass is 331 g/mol. The highest BCUT2D eigenvalue weighted by Gasteiger charge is 2.25. The van der Waals surface area contributed by atoms with Crippen LogP contribution < -0.4 is 10.1 Å². The molecular formula is C18H25N3O3. The van der Waals surface area contributed by atoms with E-state index < -0.39 is 6.10 Å². The summed E-state index contributed by atoms with van der Waals surface area (Å²) in [6, 6.07) is 7.82. The number of carbonyl (C=O) groups is 1. The summed E-state index contributed by atoms with van der Waals surface area (Å²) in [5.41, 5.74) is 1.03. The molecule has 0 bridgehead atoms. The first-order chi connectivity index (χ1) is 11.7. The molecule has 1 aromatic carbocycles. The summed E-state index contributed by atoms with van der Waals surface area (Å²) in [6.07, 6.45) is 3.02. The normalized spacial score (nSPS) is 17.8. The van der Waals surface area contributed by atoms with Gasteiger partial charge in [0.2, 0.25) is 5.91 Å². The van der Waals surface area contributed by atoms with Crippen LogP contribution in [0.1, 0.15) is 12.8 Å². The van der Waals surface area contributed by atoms with Gasteiger partial charge in [-0.25, -0.2) is 0 Å². The van der Waals surface area contributed by atoms with Crippen molar-refractivity contribution in [1.29, 1.82) is 0 Å². The third-order valence-electron chi connectivity index (χ3n) is 4.66. The van der Waals surface area contributed by atoms with Crippen LogP contribution in [0.15, 0.2) is 30.5 Å². The Labute approximate surface area is 141 Å². The maximum Gasteiger partial charge on any atom is 0.222 e. The molecule has 24 heavy (non-hydrogen) atoms. The molecule has 1 fully saturated rings. The first-order valence-corrected chi connectivity index (χ1v) is 8.48. The van der Waals surface area contributed by atoms with E-state index in [2.05, 4.69) is 15.2 Å². The third kappa shape index (κ3) is 3.88. The molecule has 1 unspecified atom stereocenters. The number of amides is 1. The highest BCUT2D eigenvalue weighted by Crippen LogP contribution is 2.24. The van der Waals surface area contributed by atoms with Crippen molar-refractivity contribution >= 4 is 16.8 Å². The molecule has 3 N–H and O–H groups in total. The number of nitrogens with one attached hydrogen (secondary N) is 2. The van der Waals surface area contributed by atoms with Gasteiger partial charge in [0.1, 0.15) is 18.5 Å². The zero-order chi connectivity index (χ0) is 16.9. The second-order valence-corrected chi connectivity index (χ2v) is 6.35. The smallest absolute Gasteiger partial charge is 0.222 e. The molecule has 1 saturated heterocycles. The molecule has 0 radical (unpaired) electrons. The van der Waals surface area contributed by atoms with E-state index >= 15 is 0 Å². The number of β-amino-alcohol motifs (C(OH)–C–C–N with tert-alkyl or cyclic N) is 1. The molecule has 1 aliphatic heterocycles. The molecule has 1 atom stereocenters. The predicted molar refractivity (Wildman–Crippen MR) is 93.0 cm³/mol. The van der Waals surface area contributed by atoms with Gasteiger partial charge in [0.25, 0.3) is 0 Å². The van der Waals surface area contributed by atoms with Crippen LogP contribution in [-0.4, -0.2) is 60.3 Å². The lowest BCUT2D eigenvalue weighted by molar-refractivity contribution is -0.126. The zero-order valence-electron chi connectivity index (χ0n) is 14.0. The summed E-state index contributed by atoms with van der Waals surface area (Å²) in [6.45, 7) is 2.51. The Morgan fingerprint density at radius 2 is 2.21 bits per heavy atom. The molecule has 6 heteroatoms. The van der Waals surface area contributed by atoms with Crippen LogP contribution in [0.25, 0.3) is 10.9 Å². The molecule has 0 aliphatic carbocycles. The van der Waals surface area contributed by atoms with Crippen molar-refractivity contribution in [2.75, 3.05) is 33.3 Å². The number of H-pyrrole nitrogens is 1. The van der Waals surface area contributed by atoms with Crippen LogP contribution in [0.5, 0.6) is 5.75 Å². The Bertz CT molecular complexity index is 677. The maximum atomic E-state index is 11.6. The zero-order valence-corrected chi connectivity index (χ0v) is 14.0. The first-order valence-electron chi connectivity index (χ1n) is 8.48. The van der Waals surface area contributed by atoms with E-state index in [1.165, 1.54) is 0 Å². The van der Waals surface area contributed by atoms with E-state index in [1.807, 2.05) is 30.5 Å². The Kier molecular flexibility index (Phi) is 5.37. The van der Waals surface area contributed by atoms with E-state index in [9.17, 15) is 9.90 Å². The SMILES string of the molecule is CNC(=O)C1CCN(CC(O)COc2cccc3[nH]ccc23)CC1. The van der Waals surface area contributed by atoms with Crippen LogP contribution in [0.4, 0.5) is 0 Å². The number of hydrogen-bond acceptors (Lipinski definition) is 4. The standard InChI is InChI=1S/C18H25N3O3/c1-19-18(23)13-6-9-21(10-7-13)11-14(22)12-24-17-4-2-3-16-15(17)5-8-20-16/h2-5,8,13-14,20,22H,6-7,9-12H2,1H3,(H,19,23). The topological polar surface area (TPSA) is 77.6 Å². The molecule has 1 aromatic heterocycles. The van der Waals surface area contributed by atoms with E-state index in [0.717, 1.165) is 42.6 Å². The number of aromatic nitrogens is 1. The van der Waals surface area contributed by atoms with Gasteiger partial charge in [-0.05, 0) is 44.1 Å². The molecule has 1 aliphatic rings. The van der Waals surface area contributed by atoms with E-state index in [-0.39, 0.29) is 18.4 Å². The lowest BCUT2D eigenvalue weighted by Crippen LogP contribution is -2.43. The van der Waals surface area contributed by atoms with Gasteiger partial charge >= 0.3 is 0 Å². The van der Waals surface area contributed by atoms with Gasteiger partial charge in [0.05, 0.1) is 0 Å². The minimum atomic E-state index is -0.546. The number of ether oxygens (including phenoxy) is 1. The van der Waals surface area contributed by atoms with E-state index in [0.29, 0.717) is 6.54 Å². The van der Waals surface area contributed by atoms with Crippen molar-refractivity contribution in [3.8, 4) is 5.75 Å². The largest absolute Gasteiger partial charge is 0.490 e.